The van der Waals surface area contributed by atoms with E-state index in [-0.39, 0.29) is 5.91 Å². The van der Waals surface area contributed by atoms with Crippen molar-refractivity contribution < 1.29 is 4.79 Å². The summed E-state index contributed by atoms with van der Waals surface area (Å²) >= 11 is 0. The second-order valence-corrected chi connectivity index (χ2v) is 8.15. The Labute approximate surface area is 167 Å². The van der Waals surface area contributed by atoms with Crippen molar-refractivity contribution in [3.8, 4) is 11.1 Å². The Bertz CT molecular complexity index is 766. The van der Waals surface area contributed by atoms with Gasteiger partial charge in [0.05, 0.1) is 12.7 Å². The van der Waals surface area contributed by atoms with Gasteiger partial charge in [0.15, 0.2) is 0 Å². The molecule has 2 aliphatic rings. The molecule has 1 N–H and O–H groups in total. The van der Waals surface area contributed by atoms with E-state index in [1.165, 1.54) is 16.8 Å². The van der Waals surface area contributed by atoms with Crippen LogP contribution < -0.4 is 0 Å². The molecule has 150 valence electrons. The number of hydrogen-bond acceptors (Lipinski definition) is 4. The molecule has 1 amide bonds. The molecule has 0 bridgehead atoms. The number of H-pyrrole nitrogens is 1. The average Bonchev–Trinajstić information content (AvgIpc) is 3.13. The molecule has 28 heavy (non-hydrogen) atoms. The third-order valence-corrected chi connectivity index (χ3v) is 6.18. The van der Waals surface area contributed by atoms with Gasteiger partial charge in [-0.2, -0.15) is 5.10 Å². The smallest absolute Gasteiger partial charge is 0.236 e. The number of rotatable bonds is 4. The number of carbonyl (C=O) groups is 1. The zero-order valence-corrected chi connectivity index (χ0v) is 16.8. The molecule has 2 fully saturated rings. The maximum atomic E-state index is 12.8. The summed E-state index contributed by atoms with van der Waals surface area (Å²) in [6.07, 6.45) is 5.07. The Morgan fingerprint density at radius 3 is 2.64 bits per heavy atom. The number of piperidine rings is 1. The van der Waals surface area contributed by atoms with Gasteiger partial charge in [-0.3, -0.25) is 14.8 Å². The maximum absolute atomic E-state index is 12.8. The number of nitrogens with zero attached hydrogens (tertiary/aromatic N) is 4. The molecular formula is C22H31N5O. The lowest BCUT2D eigenvalue weighted by atomic mass is 9.89. The minimum absolute atomic E-state index is 0.288. The zero-order chi connectivity index (χ0) is 19.3. The third kappa shape index (κ3) is 4.45. The SMILES string of the molecule is CN1CCCN(CC(=O)N2CCC(c3[nH]ncc3-c3ccccc3)CC2)CC1. The fourth-order valence-corrected chi connectivity index (χ4v) is 4.42. The number of carbonyl (C=O) groups excluding carboxylic acids is 1. The van der Waals surface area contributed by atoms with Gasteiger partial charge >= 0.3 is 0 Å². The Balaban J connectivity index is 1.33. The predicted octanol–water partition coefficient (Wildman–Crippen LogP) is 2.42. The van der Waals surface area contributed by atoms with E-state index in [1.807, 2.05) is 12.3 Å². The van der Waals surface area contributed by atoms with Gasteiger partial charge < -0.3 is 9.80 Å². The van der Waals surface area contributed by atoms with E-state index < -0.39 is 0 Å². The summed E-state index contributed by atoms with van der Waals surface area (Å²) in [5, 5.41) is 7.53. The standard InChI is InChI=1S/C22H31N5O/c1-25-10-5-11-26(15-14-25)17-21(28)27-12-8-19(9-13-27)22-20(16-23-24-22)18-6-3-2-4-7-18/h2-4,6-7,16,19H,5,8-15,17H2,1H3,(H,23,24). The van der Waals surface area contributed by atoms with Gasteiger partial charge in [-0.1, -0.05) is 30.3 Å². The summed E-state index contributed by atoms with van der Waals surface area (Å²) < 4.78 is 0. The second kappa shape index (κ2) is 8.88. The average molecular weight is 382 g/mol. The van der Waals surface area contributed by atoms with Gasteiger partial charge in [-0.25, -0.2) is 0 Å². The molecule has 6 heteroatoms. The van der Waals surface area contributed by atoms with Crippen LogP contribution in [0.5, 0.6) is 0 Å². The molecule has 0 radical (unpaired) electrons. The molecule has 0 aliphatic carbocycles. The molecule has 6 nitrogen and oxygen atoms in total. The number of benzene rings is 1. The lowest BCUT2D eigenvalue weighted by Gasteiger charge is -2.33. The number of amides is 1. The van der Waals surface area contributed by atoms with Gasteiger partial charge in [0.1, 0.15) is 0 Å². The van der Waals surface area contributed by atoms with Crippen LogP contribution in [0.2, 0.25) is 0 Å². The lowest BCUT2D eigenvalue weighted by Crippen LogP contribution is -2.44. The first-order valence-electron chi connectivity index (χ1n) is 10.5. The van der Waals surface area contributed by atoms with Crippen LogP contribution in [0.25, 0.3) is 11.1 Å². The fraction of sp³-hybridized carbons (Fsp3) is 0.545. The second-order valence-electron chi connectivity index (χ2n) is 8.15. The lowest BCUT2D eigenvalue weighted by molar-refractivity contribution is -0.133. The number of likely N-dealkylation sites (N-methyl/N-ethyl adjacent to an activating group) is 1. The molecule has 0 saturated carbocycles. The van der Waals surface area contributed by atoms with E-state index in [1.54, 1.807) is 0 Å². The van der Waals surface area contributed by atoms with Crippen molar-refractivity contribution in [2.75, 3.05) is 52.9 Å². The Morgan fingerprint density at radius 1 is 1.07 bits per heavy atom. The van der Waals surface area contributed by atoms with Crippen molar-refractivity contribution in [3.05, 3.63) is 42.2 Å². The van der Waals surface area contributed by atoms with Gasteiger partial charge in [0.2, 0.25) is 5.91 Å². The largest absolute Gasteiger partial charge is 0.342 e. The highest BCUT2D eigenvalue weighted by Gasteiger charge is 2.27. The van der Waals surface area contributed by atoms with Crippen LogP contribution in [0.4, 0.5) is 0 Å². The summed E-state index contributed by atoms with van der Waals surface area (Å²) in [6.45, 7) is 6.45. The van der Waals surface area contributed by atoms with Crippen LogP contribution in [0, 0.1) is 0 Å². The van der Waals surface area contributed by atoms with Crippen molar-refractivity contribution in [2.24, 2.45) is 0 Å². The number of hydrogen-bond donors (Lipinski definition) is 1. The highest BCUT2D eigenvalue weighted by atomic mass is 16.2. The normalized spacial score (nSPS) is 20.2. The first-order valence-corrected chi connectivity index (χ1v) is 10.5. The molecule has 1 aromatic heterocycles. The summed E-state index contributed by atoms with van der Waals surface area (Å²) in [4.78, 5) is 19.5. The number of aromatic amines is 1. The molecule has 4 rings (SSSR count). The Kier molecular flexibility index (Phi) is 6.07. The monoisotopic (exact) mass is 381 g/mol. The topological polar surface area (TPSA) is 55.5 Å². The van der Waals surface area contributed by atoms with Gasteiger partial charge in [0.25, 0.3) is 0 Å². The van der Waals surface area contributed by atoms with E-state index in [2.05, 4.69) is 56.2 Å². The molecule has 0 unspecified atom stereocenters. The first kappa shape index (κ1) is 19.2. The van der Waals surface area contributed by atoms with E-state index in [0.717, 1.165) is 58.5 Å². The minimum Gasteiger partial charge on any atom is -0.342 e. The fourth-order valence-electron chi connectivity index (χ4n) is 4.42. The van der Waals surface area contributed by atoms with Crippen LogP contribution in [0.3, 0.4) is 0 Å². The van der Waals surface area contributed by atoms with Crippen LogP contribution in [0.15, 0.2) is 36.5 Å². The molecule has 2 saturated heterocycles. The zero-order valence-electron chi connectivity index (χ0n) is 16.8. The highest BCUT2D eigenvalue weighted by Crippen LogP contribution is 2.33. The van der Waals surface area contributed by atoms with Crippen LogP contribution >= 0.6 is 0 Å². The molecule has 0 atom stereocenters. The van der Waals surface area contributed by atoms with E-state index in [4.69, 9.17) is 0 Å². The predicted molar refractivity (Wildman–Crippen MR) is 111 cm³/mol. The van der Waals surface area contributed by atoms with Crippen molar-refractivity contribution >= 4 is 5.91 Å². The molecule has 3 heterocycles. The number of aromatic nitrogens is 2. The van der Waals surface area contributed by atoms with E-state index in [0.29, 0.717) is 12.5 Å². The minimum atomic E-state index is 0.288. The van der Waals surface area contributed by atoms with Gasteiger partial charge in [0, 0.05) is 43.4 Å². The molecule has 2 aromatic rings. The van der Waals surface area contributed by atoms with Gasteiger partial charge in [-0.15, -0.1) is 0 Å². The Morgan fingerprint density at radius 2 is 1.86 bits per heavy atom. The third-order valence-electron chi connectivity index (χ3n) is 6.18. The molecule has 1 aromatic carbocycles. The summed E-state index contributed by atoms with van der Waals surface area (Å²) in [5.74, 6) is 0.726. The van der Waals surface area contributed by atoms with Crippen LogP contribution in [-0.2, 0) is 4.79 Å². The first-order chi connectivity index (χ1) is 13.7. The number of nitrogens with one attached hydrogen (secondary N) is 1. The van der Waals surface area contributed by atoms with Crippen LogP contribution in [-0.4, -0.2) is 83.7 Å². The number of likely N-dealkylation sites (tertiary alicyclic amines) is 1. The maximum Gasteiger partial charge on any atom is 0.236 e. The van der Waals surface area contributed by atoms with E-state index >= 15 is 0 Å². The molecular weight excluding hydrogens is 350 g/mol. The van der Waals surface area contributed by atoms with Crippen molar-refractivity contribution in [1.29, 1.82) is 0 Å². The quantitative estimate of drug-likeness (QED) is 0.884. The van der Waals surface area contributed by atoms with Crippen LogP contribution in [0.1, 0.15) is 30.9 Å². The van der Waals surface area contributed by atoms with Gasteiger partial charge in [-0.05, 0) is 45.0 Å². The Hall–Kier alpha value is -2.18. The molecule has 2 aliphatic heterocycles. The highest BCUT2D eigenvalue weighted by molar-refractivity contribution is 5.78. The van der Waals surface area contributed by atoms with E-state index in [9.17, 15) is 4.79 Å². The van der Waals surface area contributed by atoms with Crippen molar-refractivity contribution in [2.45, 2.75) is 25.2 Å². The molecule has 0 spiro atoms. The van der Waals surface area contributed by atoms with Crippen molar-refractivity contribution in [1.82, 2.24) is 24.9 Å². The summed E-state index contributed by atoms with van der Waals surface area (Å²) in [5.41, 5.74) is 3.61. The van der Waals surface area contributed by atoms with Crippen molar-refractivity contribution in [3.63, 3.8) is 0 Å². The summed E-state index contributed by atoms with van der Waals surface area (Å²) in [6, 6.07) is 10.4. The summed E-state index contributed by atoms with van der Waals surface area (Å²) in [7, 11) is 2.16.